The van der Waals surface area contributed by atoms with Gasteiger partial charge in [0.25, 0.3) is 0 Å². The number of benzene rings is 4. The van der Waals surface area contributed by atoms with Crippen LogP contribution in [0.1, 0.15) is 18.4 Å². The number of anilines is 4. The van der Waals surface area contributed by atoms with E-state index in [1.807, 2.05) is 54.6 Å². The summed E-state index contributed by atoms with van der Waals surface area (Å²) in [4.78, 5) is 19.7. The fraction of sp³-hybridized carbons (Fsp3) is 0.235. The SMILES string of the molecule is COc1cc(NC(=O)CCCc2ccc(N(CCCl)CCCl)cc2)ccc1Nc1c2ccccc2nc2ccccc12. The Morgan fingerprint density at radius 2 is 1.50 bits per heavy atom. The van der Waals surface area contributed by atoms with Crippen molar-refractivity contribution >= 4 is 73.7 Å². The molecule has 216 valence electrons. The Bertz CT molecular complexity index is 1600. The standard InChI is InChI=1S/C34H34Cl2N4O2/c1-42-32-23-25(37-33(41)12-6-7-24-13-16-26(17-14-24)40(21-19-35)22-20-36)15-18-31(32)39-34-27-8-2-4-10-29(27)38-30-11-5-3-9-28(30)34/h2-5,8-11,13-18,23H,6-7,12,19-22H2,1H3,(H,37,41)(H,38,39). The molecule has 4 aromatic carbocycles. The molecule has 6 nitrogen and oxygen atoms in total. The van der Waals surface area contributed by atoms with E-state index in [2.05, 4.69) is 51.9 Å². The number of hydrogen-bond acceptors (Lipinski definition) is 5. The van der Waals surface area contributed by atoms with Crippen LogP contribution < -0.4 is 20.3 Å². The van der Waals surface area contributed by atoms with Gasteiger partial charge in [-0.25, -0.2) is 4.98 Å². The maximum atomic E-state index is 12.8. The van der Waals surface area contributed by atoms with Crippen LogP contribution in [0.25, 0.3) is 21.8 Å². The highest BCUT2D eigenvalue weighted by molar-refractivity contribution is 6.18. The summed E-state index contributed by atoms with van der Waals surface area (Å²) in [5.41, 5.74) is 6.58. The molecule has 0 aliphatic carbocycles. The van der Waals surface area contributed by atoms with Crippen LogP contribution in [0.15, 0.2) is 91.0 Å². The Labute approximate surface area is 256 Å². The molecule has 8 heteroatoms. The monoisotopic (exact) mass is 600 g/mol. The van der Waals surface area contributed by atoms with E-state index in [0.717, 1.165) is 64.8 Å². The van der Waals surface area contributed by atoms with Crippen LogP contribution in [-0.2, 0) is 11.2 Å². The molecule has 0 saturated heterocycles. The number of amides is 1. The van der Waals surface area contributed by atoms with E-state index in [9.17, 15) is 4.79 Å². The minimum Gasteiger partial charge on any atom is -0.494 e. The second kappa shape index (κ2) is 14.3. The zero-order valence-corrected chi connectivity index (χ0v) is 25.1. The molecule has 0 aliphatic heterocycles. The normalized spacial score (nSPS) is 11.0. The van der Waals surface area contributed by atoms with Gasteiger partial charge in [-0.2, -0.15) is 0 Å². The van der Waals surface area contributed by atoms with Crippen LogP contribution in [-0.4, -0.2) is 42.9 Å². The number of ether oxygens (including phenoxy) is 1. The van der Waals surface area contributed by atoms with Gasteiger partial charge in [0.2, 0.25) is 5.91 Å². The maximum Gasteiger partial charge on any atom is 0.224 e. The van der Waals surface area contributed by atoms with Crippen LogP contribution in [0, 0.1) is 0 Å². The van der Waals surface area contributed by atoms with Gasteiger partial charge in [0.15, 0.2) is 0 Å². The topological polar surface area (TPSA) is 66.5 Å². The molecule has 0 spiro atoms. The highest BCUT2D eigenvalue weighted by Crippen LogP contribution is 2.37. The Morgan fingerprint density at radius 3 is 2.12 bits per heavy atom. The van der Waals surface area contributed by atoms with Gasteiger partial charge < -0.3 is 20.3 Å². The van der Waals surface area contributed by atoms with Crippen molar-refractivity contribution in [3.8, 4) is 5.75 Å². The maximum absolute atomic E-state index is 12.8. The zero-order valence-electron chi connectivity index (χ0n) is 23.6. The molecule has 0 unspecified atom stereocenters. The third-order valence-corrected chi connectivity index (χ3v) is 7.55. The highest BCUT2D eigenvalue weighted by atomic mass is 35.5. The smallest absolute Gasteiger partial charge is 0.224 e. The van der Waals surface area contributed by atoms with Gasteiger partial charge in [-0.15, -0.1) is 23.2 Å². The summed E-state index contributed by atoms with van der Waals surface area (Å²) in [5.74, 6) is 1.71. The molecular weight excluding hydrogens is 567 g/mol. The highest BCUT2D eigenvalue weighted by Gasteiger charge is 2.13. The van der Waals surface area contributed by atoms with Gasteiger partial charge in [-0.1, -0.05) is 48.5 Å². The first-order valence-corrected chi connectivity index (χ1v) is 15.1. The number of rotatable bonds is 13. The number of carbonyl (C=O) groups excluding carboxylic acids is 1. The molecule has 5 aromatic rings. The first kappa shape index (κ1) is 29.5. The van der Waals surface area contributed by atoms with Crippen molar-refractivity contribution in [3.05, 3.63) is 96.6 Å². The Kier molecular flexibility index (Phi) is 10.0. The number of pyridine rings is 1. The number of nitrogens with zero attached hydrogens (tertiary/aromatic N) is 2. The van der Waals surface area contributed by atoms with E-state index < -0.39 is 0 Å². The van der Waals surface area contributed by atoms with Crippen LogP contribution in [0.3, 0.4) is 0 Å². The van der Waals surface area contributed by atoms with Gasteiger partial charge in [0, 0.05) is 59.5 Å². The molecule has 2 N–H and O–H groups in total. The number of fused-ring (bicyclic) bond motifs is 2. The summed E-state index contributed by atoms with van der Waals surface area (Å²) >= 11 is 11.9. The lowest BCUT2D eigenvalue weighted by atomic mass is 10.1. The van der Waals surface area contributed by atoms with E-state index in [1.165, 1.54) is 5.56 Å². The summed E-state index contributed by atoms with van der Waals surface area (Å²) in [7, 11) is 1.63. The summed E-state index contributed by atoms with van der Waals surface area (Å²) in [6, 6.07) is 30.2. The molecule has 0 atom stereocenters. The second-order valence-corrected chi connectivity index (χ2v) is 10.8. The van der Waals surface area contributed by atoms with E-state index >= 15 is 0 Å². The number of alkyl halides is 2. The average molecular weight is 602 g/mol. The molecule has 1 aromatic heterocycles. The Balaban J connectivity index is 1.22. The Hall–Kier alpha value is -4.00. The van der Waals surface area contributed by atoms with Crippen LogP contribution in [0.2, 0.25) is 0 Å². The summed E-state index contributed by atoms with van der Waals surface area (Å²) in [6.07, 6.45) is 1.99. The molecule has 5 rings (SSSR count). The predicted octanol–water partition coefficient (Wildman–Crippen LogP) is 8.39. The van der Waals surface area contributed by atoms with Gasteiger partial charge in [0.05, 0.1) is 29.5 Å². The largest absolute Gasteiger partial charge is 0.494 e. The summed E-state index contributed by atoms with van der Waals surface area (Å²) < 4.78 is 5.71. The van der Waals surface area contributed by atoms with E-state index in [-0.39, 0.29) is 5.91 Å². The Morgan fingerprint density at radius 1 is 0.857 bits per heavy atom. The molecule has 0 fully saturated rings. The van der Waals surface area contributed by atoms with Crippen molar-refractivity contribution in [2.45, 2.75) is 19.3 Å². The molecular formula is C34H34Cl2N4O2. The van der Waals surface area contributed by atoms with E-state index in [1.54, 1.807) is 7.11 Å². The second-order valence-electron chi connectivity index (χ2n) is 9.99. The fourth-order valence-corrected chi connectivity index (χ4v) is 5.51. The van der Waals surface area contributed by atoms with Crippen molar-refractivity contribution in [1.29, 1.82) is 0 Å². The molecule has 0 aliphatic rings. The van der Waals surface area contributed by atoms with Crippen molar-refractivity contribution in [1.82, 2.24) is 4.98 Å². The molecule has 0 saturated carbocycles. The molecule has 42 heavy (non-hydrogen) atoms. The van der Waals surface area contributed by atoms with E-state index in [0.29, 0.717) is 29.6 Å². The average Bonchev–Trinajstić information content (AvgIpc) is 3.02. The lowest BCUT2D eigenvalue weighted by Crippen LogP contribution is -2.27. The molecule has 0 bridgehead atoms. The summed E-state index contributed by atoms with van der Waals surface area (Å²) in [6.45, 7) is 1.51. The zero-order chi connectivity index (χ0) is 29.3. The van der Waals surface area contributed by atoms with Crippen LogP contribution >= 0.6 is 23.2 Å². The van der Waals surface area contributed by atoms with Crippen molar-refractivity contribution in [2.75, 3.05) is 47.5 Å². The first-order chi connectivity index (χ1) is 20.6. The van der Waals surface area contributed by atoms with Crippen LogP contribution in [0.5, 0.6) is 5.75 Å². The van der Waals surface area contributed by atoms with Crippen LogP contribution in [0.4, 0.5) is 22.7 Å². The van der Waals surface area contributed by atoms with Crippen molar-refractivity contribution in [3.63, 3.8) is 0 Å². The van der Waals surface area contributed by atoms with Gasteiger partial charge >= 0.3 is 0 Å². The number of nitrogens with one attached hydrogen (secondary N) is 2. The molecule has 0 radical (unpaired) electrons. The molecule has 1 heterocycles. The number of methoxy groups -OCH3 is 1. The quantitative estimate of drug-likeness (QED) is 0.105. The first-order valence-electron chi connectivity index (χ1n) is 14.1. The fourth-order valence-electron chi connectivity index (χ4n) is 5.11. The van der Waals surface area contributed by atoms with Crippen molar-refractivity contribution < 1.29 is 9.53 Å². The number of aromatic nitrogens is 1. The predicted molar refractivity (Wildman–Crippen MR) is 177 cm³/mol. The van der Waals surface area contributed by atoms with Crippen molar-refractivity contribution in [2.24, 2.45) is 0 Å². The van der Waals surface area contributed by atoms with Gasteiger partial charge in [0.1, 0.15) is 5.75 Å². The number of aryl methyl sites for hydroxylation is 1. The number of halogens is 2. The molecule has 1 amide bonds. The van der Waals surface area contributed by atoms with Gasteiger partial charge in [-0.3, -0.25) is 4.79 Å². The van der Waals surface area contributed by atoms with E-state index in [4.69, 9.17) is 32.9 Å². The lowest BCUT2D eigenvalue weighted by Gasteiger charge is -2.23. The third kappa shape index (κ3) is 7.07. The minimum absolute atomic E-state index is 0.0316. The number of para-hydroxylation sites is 2. The number of carbonyl (C=O) groups is 1. The number of hydrogen-bond donors (Lipinski definition) is 2. The summed E-state index contributed by atoms with van der Waals surface area (Å²) in [5, 5.41) is 8.63. The minimum atomic E-state index is -0.0316. The lowest BCUT2D eigenvalue weighted by molar-refractivity contribution is -0.116. The third-order valence-electron chi connectivity index (χ3n) is 7.21. The van der Waals surface area contributed by atoms with Gasteiger partial charge in [-0.05, 0) is 54.8 Å².